The molecule has 1 aliphatic rings. The van der Waals surface area contributed by atoms with Crippen molar-refractivity contribution in [2.24, 2.45) is 5.73 Å². The smallest absolute Gasteiger partial charge is 0.184 e. The Bertz CT molecular complexity index is 800. The third-order valence-electron chi connectivity index (χ3n) is 5.57. The van der Waals surface area contributed by atoms with E-state index in [-0.39, 0.29) is 18.2 Å². The van der Waals surface area contributed by atoms with Gasteiger partial charge in [0.2, 0.25) is 0 Å². The van der Waals surface area contributed by atoms with E-state index in [1.807, 2.05) is 0 Å². The van der Waals surface area contributed by atoms with Gasteiger partial charge in [0.05, 0.1) is 14.2 Å². The molecule has 0 amide bonds. The molecule has 2 N–H and O–H groups in total. The minimum Gasteiger partial charge on any atom is -0.493 e. The van der Waals surface area contributed by atoms with Crippen molar-refractivity contribution in [1.29, 1.82) is 0 Å². The molecule has 154 valence electrons. The van der Waals surface area contributed by atoms with Gasteiger partial charge in [-0.05, 0) is 53.5 Å². The van der Waals surface area contributed by atoms with Crippen LogP contribution in [0.25, 0.3) is 0 Å². The van der Waals surface area contributed by atoms with Crippen molar-refractivity contribution < 1.29 is 18.9 Å². The summed E-state index contributed by atoms with van der Waals surface area (Å²) in [6.07, 6.45) is 3.55. The number of benzene rings is 1. The Labute approximate surface area is 171 Å². The molecule has 5 nitrogen and oxygen atoms in total. The van der Waals surface area contributed by atoms with Crippen molar-refractivity contribution in [2.75, 3.05) is 28.4 Å². The van der Waals surface area contributed by atoms with E-state index in [0.717, 1.165) is 42.7 Å². The van der Waals surface area contributed by atoms with Gasteiger partial charge in [-0.25, -0.2) is 0 Å². The van der Waals surface area contributed by atoms with Crippen LogP contribution in [0, 0.1) is 0 Å². The minimum atomic E-state index is -0.388. The molecule has 0 fully saturated rings. The normalized spacial score (nSPS) is 19.0. The lowest BCUT2D eigenvalue weighted by atomic mass is 9.75. The molecule has 2 atom stereocenters. The van der Waals surface area contributed by atoms with E-state index in [1.165, 1.54) is 21.6 Å². The van der Waals surface area contributed by atoms with E-state index in [9.17, 15) is 0 Å². The first-order valence-electron chi connectivity index (χ1n) is 9.75. The lowest BCUT2D eigenvalue weighted by Gasteiger charge is -2.33. The molecule has 1 aliphatic carbocycles. The van der Waals surface area contributed by atoms with Gasteiger partial charge in [0, 0.05) is 36.6 Å². The Morgan fingerprint density at radius 1 is 1.07 bits per heavy atom. The second-order valence-electron chi connectivity index (χ2n) is 7.17. The molecule has 0 spiro atoms. The summed E-state index contributed by atoms with van der Waals surface area (Å²) in [5.74, 6) is 1.58. The number of fused-ring (bicyclic) bond motifs is 1. The molecule has 1 heterocycles. The van der Waals surface area contributed by atoms with Crippen LogP contribution in [0.3, 0.4) is 0 Å². The molecule has 2 unspecified atom stereocenters. The summed E-state index contributed by atoms with van der Waals surface area (Å²) in [6, 6.07) is 4.21. The number of aryl methyl sites for hydroxylation is 2. The molecule has 0 radical (unpaired) electrons. The first-order valence-corrected chi connectivity index (χ1v) is 10.6. The Kier molecular flexibility index (Phi) is 6.99. The van der Waals surface area contributed by atoms with E-state index >= 15 is 0 Å². The van der Waals surface area contributed by atoms with Gasteiger partial charge in [0.1, 0.15) is 0 Å². The zero-order valence-electron chi connectivity index (χ0n) is 17.4. The molecule has 0 saturated heterocycles. The maximum absolute atomic E-state index is 6.67. The number of rotatable bonds is 8. The first kappa shape index (κ1) is 21.1. The second kappa shape index (κ2) is 9.27. The molecular weight excluding hydrogens is 374 g/mol. The van der Waals surface area contributed by atoms with Gasteiger partial charge in [-0.15, -0.1) is 11.3 Å². The Balaban J connectivity index is 2.17. The summed E-state index contributed by atoms with van der Waals surface area (Å²) in [5, 5.41) is 2.24. The summed E-state index contributed by atoms with van der Waals surface area (Å²) < 4.78 is 22.4. The van der Waals surface area contributed by atoms with Crippen LogP contribution in [-0.4, -0.2) is 34.5 Å². The Morgan fingerprint density at radius 2 is 1.75 bits per heavy atom. The van der Waals surface area contributed by atoms with Gasteiger partial charge >= 0.3 is 0 Å². The van der Waals surface area contributed by atoms with Crippen molar-refractivity contribution in [1.82, 2.24) is 0 Å². The SMILES string of the molecule is CCCc1scc(C2c3cc(OC)c(OC)cc3CCC2N)c1C(OC)OC. The van der Waals surface area contributed by atoms with Crippen LogP contribution in [0.2, 0.25) is 0 Å². The van der Waals surface area contributed by atoms with Crippen molar-refractivity contribution in [3.05, 3.63) is 44.6 Å². The molecule has 3 rings (SSSR count). The summed E-state index contributed by atoms with van der Waals surface area (Å²) in [6.45, 7) is 2.19. The number of nitrogens with two attached hydrogens (primary N) is 1. The van der Waals surface area contributed by atoms with Gasteiger partial charge in [-0.1, -0.05) is 13.3 Å². The zero-order chi connectivity index (χ0) is 20.3. The zero-order valence-corrected chi connectivity index (χ0v) is 18.2. The van der Waals surface area contributed by atoms with Crippen LogP contribution < -0.4 is 15.2 Å². The van der Waals surface area contributed by atoms with Gasteiger partial charge in [-0.2, -0.15) is 0 Å². The van der Waals surface area contributed by atoms with E-state index in [2.05, 4.69) is 24.4 Å². The van der Waals surface area contributed by atoms with Crippen molar-refractivity contribution >= 4 is 11.3 Å². The maximum atomic E-state index is 6.67. The first-order chi connectivity index (χ1) is 13.6. The molecule has 1 aromatic heterocycles. The molecule has 6 heteroatoms. The Hall–Kier alpha value is -1.60. The fourth-order valence-electron chi connectivity index (χ4n) is 4.24. The predicted octanol–water partition coefficient (Wildman–Crippen LogP) is 4.41. The van der Waals surface area contributed by atoms with Gasteiger partial charge in [-0.3, -0.25) is 0 Å². The van der Waals surface area contributed by atoms with Crippen LogP contribution in [-0.2, 0) is 22.3 Å². The summed E-state index contributed by atoms with van der Waals surface area (Å²) in [4.78, 5) is 1.31. The van der Waals surface area contributed by atoms with Gasteiger partial charge in [0.25, 0.3) is 0 Å². The van der Waals surface area contributed by atoms with Crippen LogP contribution >= 0.6 is 11.3 Å². The Morgan fingerprint density at radius 3 is 2.36 bits per heavy atom. The maximum Gasteiger partial charge on any atom is 0.184 e. The lowest BCUT2D eigenvalue weighted by Crippen LogP contribution is -2.34. The molecule has 0 saturated carbocycles. The number of methoxy groups -OCH3 is 4. The molecule has 28 heavy (non-hydrogen) atoms. The number of hydrogen-bond acceptors (Lipinski definition) is 6. The highest BCUT2D eigenvalue weighted by molar-refractivity contribution is 7.10. The standard InChI is InChI=1S/C22H31NO4S/c1-6-7-19-21(22(26-4)27-5)15(12-28-19)20-14-11-18(25-3)17(24-2)10-13(14)8-9-16(20)23/h10-12,16,20,22H,6-9,23H2,1-5H3. The fourth-order valence-corrected chi connectivity index (χ4v) is 5.45. The number of ether oxygens (including phenoxy) is 4. The average molecular weight is 406 g/mol. The van der Waals surface area contributed by atoms with Crippen LogP contribution in [0.1, 0.15) is 59.1 Å². The monoisotopic (exact) mass is 405 g/mol. The topological polar surface area (TPSA) is 62.9 Å². The van der Waals surface area contributed by atoms with Crippen LogP contribution in [0.15, 0.2) is 17.5 Å². The van der Waals surface area contributed by atoms with E-state index in [0.29, 0.717) is 0 Å². The van der Waals surface area contributed by atoms with E-state index in [1.54, 1.807) is 39.8 Å². The van der Waals surface area contributed by atoms with E-state index in [4.69, 9.17) is 24.7 Å². The highest BCUT2D eigenvalue weighted by Gasteiger charge is 2.34. The molecule has 1 aromatic carbocycles. The number of thiophene rings is 1. The number of hydrogen-bond donors (Lipinski definition) is 1. The molecule has 0 bridgehead atoms. The van der Waals surface area contributed by atoms with Gasteiger partial charge < -0.3 is 24.7 Å². The van der Waals surface area contributed by atoms with Crippen molar-refractivity contribution in [2.45, 2.75) is 50.9 Å². The largest absolute Gasteiger partial charge is 0.493 e. The van der Waals surface area contributed by atoms with Crippen LogP contribution in [0.4, 0.5) is 0 Å². The molecule has 0 aliphatic heterocycles. The lowest BCUT2D eigenvalue weighted by molar-refractivity contribution is -0.106. The predicted molar refractivity (Wildman–Crippen MR) is 113 cm³/mol. The summed E-state index contributed by atoms with van der Waals surface area (Å²) in [5.41, 5.74) is 11.5. The highest BCUT2D eigenvalue weighted by Crippen LogP contribution is 2.46. The molecular formula is C22H31NO4S. The highest BCUT2D eigenvalue weighted by atomic mass is 32.1. The molecule has 2 aromatic rings. The summed E-state index contributed by atoms with van der Waals surface area (Å²) in [7, 11) is 6.72. The van der Waals surface area contributed by atoms with Crippen molar-refractivity contribution in [3.63, 3.8) is 0 Å². The second-order valence-corrected chi connectivity index (χ2v) is 8.13. The van der Waals surface area contributed by atoms with E-state index < -0.39 is 0 Å². The van der Waals surface area contributed by atoms with Crippen molar-refractivity contribution in [3.8, 4) is 11.5 Å². The van der Waals surface area contributed by atoms with Gasteiger partial charge in [0.15, 0.2) is 17.8 Å². The average Bonchev–Trinajstić information content (AvgIpc) is 3.11. The minimum absolute atomic E-state index is 0.0304. The third-order valence-corrected chi connectivity index (χ3v) is 6.65. The van der Waals surface area contributed by atoms with Crippen LogP contribution in [0.5, 0.6) is 11.5 Å². The quantitative estimate of drug-likeness (QED) is 0.659. The summed E-state index contributed by atoms with van der Waals surface area (Å²) >= 11 is 1.78. The third kappa shape index (κ3) is 3.79. The fraction of sp³-hybridized carbons (Fsp3) is 0.545.